The fraction of sp³-hybridized carbons (Fsp3) is 0.0588. The van der Waals surface area contributed by atoms with Crippen molar-refractivity contribution >= 4 is 54.9 Å². The molecule has 168 valence electrons. The quantitative estimate of drug-likeness (QED) is 0.169. The molecular weight excluding hydrogens is 464 g/mol. The highest BCUT2D eigenvalue weighted by Crippen LogP contribution is 2.27. The molecule has 2 aromatic carbocycles. The van der Waals surface area contributed by atoms with Crippen LogP contribution in [0.4, 0.5) is 11.4 Å². The van der Waals surface area contributed by atoms with E-state index in [0.29, 0.717) is 4.90 Å². The molecule has 1 aliphatic rings. The van der Waals surface area contributed by atoms with Crippen molar-refractivity contribution in [1.82, 2.24) is 0 Å². The number of rotatable bonds is 5. The van der Waals surface area contributed by atoms with E-state index in [4.69, 9.17) is 16.1 Å². The van der Waals surface area contributed by atoms with Crippen LogP contribution in [0.5, 0.6) is 0 Å². The Hall–Kier alpha value is -3.66. The number of amides is 3. The molecule has 1 aliphatic heterocycles. The van der Waals surface area contributed by atoms with Gasteiger partial charge in [-0.2, -0.15) is 5.10 Å². The Bertz CT molecular complexity index is 1350. The fourth-order valence-electron chi connectivity index (χ4n) is 2.92. The van der Waals surface area contributed by atoms with Crippen LogP contribution in [0.15, 0.2) is 63.4 Å². The van der Waals surface area contributed by atoms with Crippen LogP contribution in [0, 0.1) is 5.92 Å². The SMILES string of the molecule is N/N=C1\C(=O)N(c2ccc(S(N)(=O)=O)cc2)C(=O)[C@@H]1C(=O)Nc1ccc(S(N)(=O)=O)cc1. The molecule has 1 heterocycles. The molecule has 0 spiro atoms. The molecule has 1 saturated heterocycles. The van der Waals surface area contributed by atoms with Gasteiger partial charge in [0.25, 0.3) is 11.8 Å². The number of hydrogen-bond donors (Lipinski definition) is 4. The minimum absolute atomic E-state index is 0.0265. The van der Waals surface area contributed by atoms with Crippen LogP contribution >= 0.6 is 0 Å². The number of sulfonamides is 2. The summed E-state index contributed by atoms with van der Waals surface area (Å²) in [5.41, 5.74) is -0.444. The third-order valence-corrected chi connectivity index (χ3v) is 6.30. The first-order chi connectivity index (χ1) is 14.8. The summed E-state index contributed by atoms with van der Waals surface area (Å²) in [7, 11) is -7.94. The smallest absolute Gasteiger partial charge is 0.282 e. The van der Waals surface area contributed by atoms with Crippen LogP contribution in [-0.4, -0.2) is 40.3 Å². The predicted octanol–water partition coefficient (Wildman–Crippen LogP) is -1.58. The van der Waals surface area contributed by atoms with Gasteiger partial charge in [-0.3, -0.25) is 14.4 Å². The molecule has 0 saturated carbocycles. The van der Waals surface area contributed by atoms with Gasteiger partial charge in [0.1, 0.15) is 5.71 Å². The van der Waals surface area contributed by atoms with Crippen molar-refractivity contribution in [2.75, 3.05) is 10.2 Å². The van der Waals surface area contributed by atoms with E-state index in [1.54, 1.807) is 0 Å². The molecule has 13 nitrogen and oxygen atoms in total. The average molecular weight is 480 g/mol. The number of anilines is 2. The molecule has 0 aromatic heterocycles. The topological polar surface area (TPSA) is 225 Å². The first kappa shape index (κ1) is 23.0. The summed E-state index contributed by atoms with van der Waals surface area (Å²) in [6.45, 7) is 0. The van der Waals surface area contributed by atoms with E-state index in [-0.39, 0.29) is 21.2 Å². The maximum atomic E-state index is 12.9. The Morgan fingerprint density at radius 1 is 0.875 bits per heavy atom. The molecule has 1 fully saturated rings. The average Bonchev–Trinajstić information content (AvgIpc) is 2.96. The lowest BCUT2D eigenvalue weighted by atomic mass is 10.1. The Morgan fingerprint density at radius 2 is 1.34 bits per heavy atom. The predicted molar refractivity (Wildman–Crippen MR) is 112 cm³/mol. The van der Waals surface area contributed by atoms with Gasteiger partial charge in [-0.15, -0.1) is 0 Å². The third kappa shape index (κ3) is 4.35. The van der Waals surface area contributed by atoms with Crippen LogP contribution in [0.3, 0.4) is 0 Å². The molecule has 3 amide bonds. The van der Waals surface area contributed by atoms with Gasteiger partial charge in [-0.1, -0.05) is 0 Å². The van der Waals surface area contributed by atoms with Gasteiger partial charge in [-0.05, 0) is 48.5 Å². The van der Waals surface area contributed by atoms with E-state index < -0.39 is 49.4 Å². The standard InChI is InChI=1S/C17H16N6O7S2/c18-22-14-13(15(24)21-9-1-5-11(6-2-9)31(19,27)28)16(25)23(17(14)26)10-3-7-12(8-4-10)32(20,29)30/h1-8,13H,18H2,(H,21,24)(H2,19,27,28)(H2,20,29,30)/b22-14-/t13-/m0/s1. The minimum atomic E-state index is -4.00. The number of carbonyl (C=O) groups is 3. The molecule has 7 N–H and O–H groups in total. The lowest BCUT2D eigenvalue weighted by molar-refractivity contribution is -0.127. The van der Waals surface area contributed by atoms with Gasteiger partial charge >= 0.3 is 0 Å². The van der Waals surface area contributed by atoms with Crippen LogP contribution in [0.2, 0.25) is 0 Å². The summed E-state index contributed by atoms with van der Waals surface area (Å²) < 4.78 is 45.4. The van der Waals surface area contributed by atoms with Crippen LogP contribution in [-0.2, 0) is 34.4 Å². The highest BCUT2D eigenvalue weighted by Gasteiger charge is 2.49. The molecule has 2 aromatic rings. The van der Waals surface area contributed by atoms with Gasteiger partial charge in [-0.25, -0.2) is 32.0 Å². The van der Waals surface area contributed by atoms with Gasteiger partial charge in [0.05, 0.1) is 15.5 Å². The highest BCUT2D eigenvalue weighted by molar-refractivity contribution is 7.89. The second-order valence-corrected chi connectivity index (χ2v) is 9.65. The van der Waals surface area contributed by atoms with Crippen molar-refractivity contribution in [3.63, 3.8) is 0 Å². The molecule has 0 aliphatic carbocycles. The molecule has 15 heteroatoms. The number of nitrogens with zero attached hydrogens (tertiary/aromatic N) is 2. The normalized spacial score (nSPS) is 18.2. The summed E-state index contributed by atoms with van der Waals surface area (Å²) >= 11 is 0. The van der Waals surface area contributed by atoms with Crippen molar-refractivity contribution in [2.24, 2.45) is 27.1 Å². The van der Waals surface area contributed by atoms with E-state index in [1.807, 2.05) is 0 Å². The van der Waals surface area contributed by atoms with Gasteiger partial charge < -0.3 is 11.2 Å². The zero-order chi connectivity index (χ0) is 23.8. The Kier molecular flexibility index (Phi) is 5.84. The number of nitrogens with one attached hydrogen (secondary N) is 1. The molecule has 0 unspecified atom stereocenters. The second-order valence-electron chi connectivity index (χ2n) is 6.52. The fourth-order valence-corrected chi connectivity index (χ4v) is 3.95. The maximum absolute atomic E-state index is 12.9. The van der Waals surface area contributed by atoms with Gasteiger partial charge in [0, 0.05) is 5.69 Å². The summed E-state index contributed by atoms with van der Waals surface area (Å²) in [4.78, 5) is 38.4. The van der Waals surface area contributed by atoms with Crippen molar-refractivity contribution in [3.05, 3.63) is 48.5 Å². The molecule has 3 rings (SSSR count). The number of nitrogens with two attached hydrogens (primary N) is 3. The van der Waals surface area contributed by atoms with Crippen LogP contribution in [0.1, 0.15) is 0 Å². The van der Waals surface area contributed by atoms with Crippen molar-refractivity contribution in [1.29, 1.82) is 0 Å². The summed E-state index contributed by atoms with van der Waals surface area (Å²) in [5.74, 6) is 0.655. The minimum Gasteiger partial charge on any atom is -0.325 e. The van der Waals surface area contributed by atoms with E-state index in [9.17, 15) is 31.2 Å². The molecule has 0 radical (unpaired) electrons. The number of benzene rings is 2. The van der Waals surface area contributed by atoms with Crippen molar-refractivity contribution < 1.29 is 31.2 Å². The second kappa shape index (κ2) is 8.12. The largest absolute Gasteiger partial charge is 0.325 e. The highest BCUT2D eigenvalue weighted by atomic mass is 32.2. The lowest BCUT2D eigenvalue weighted by Gasteiger charge is -2.14. The number of primary sulfonamides is 2. The van der Waals surface area contributed by atoms with Crippen molar-refractivity contribution in [3.8, 4) is 0 Å². The molecular formula is C17H16N6O7S2. The monoisotopic (exact) mass is 480 g/mol. The Labute approximate surface area is 182 Å². The van der Waals surface area contributed by atoms with Crippen molar-refractivity contribution in [2.45, 2.75) is 9.79 Å². The van der Waals surface area contributed by atoms with Crippen LogP contribution in [0.25, 0.3) is 0 Å². The molecule has 32 heavy (non-hydrogen) atoms. The molecule has 0 bridgehead atoms. The number of imide groups is 1. The number of hydrogen-bond acceptors (Lipinski definition) is 9. The van der Waals surface area contributed by atoms with E-state index in [2.05, 4.69) is 10.4 Å². The van der Waals surface area contributed by atoms with E-state index in [0.717, 1.165) is 36.4 Å². The Balaban J connectivity index is 1.88. The number of carbonyl (C=O) groups excluding carboxylic acids is 3. The first-order valence-electron chi connectivity index (χ1n) is 8.57. The van der Waals surface area contributed by atoms with E-state index in [1.165, 1.54) is 12.1 Å². The first-order valence-corrected chi connectivity index (χ1v) is 11.7. The lowest BCUT2D eigenvalue weighted by Crippen LogP contribution is -2.35. The summed E-state index contributed by atoms with van der Waals surface area (Å²) in [5, 5.41) is 15.7. The maximum Gasteiger partial charge on any atom is 0.282 e. The van der Waals surface area contributed by atoms with E-state index >= 15 is 0 Å². The zero-order valence-electron chi connectivity index (χ0n) is 16.0. The van der Waals surface area contributed by atoms with Crippen LogP contribution < -0.4 is 26.3 Å². The zero-order valence-corrected chi connectivity index (χ0v) is 17.6. The molecule has 1 atom stereocenters. The Morgan fingerprint density at radius 3 is 1.78 bits per heavy atom. The summed E-state index contributed by atoms with van der Waals surface area (Å²) in [6, 6.07) is 9.26. The third-order valence-electron chi connectivity index (χ3n) is 4.44. The number of hydrazone groups is 1. The van der Waals surface area contributed by atoms with Gasteiger partial charge in [0.15, 0.2) is 5.92 Å². The van der Waals surface area contributed by atoms with Gasteiger partial charge in [0.2, 0.25) is 26.0 Å². The summed E-state index contributed by atoms with van der Waals surface area (Å²) in [6.07, 6.45) is 0.